The van der Waals surface area contributed by atoms with E-state index in [-0.39, 0.29) is 0 Å². The van der Waals surface area contributed by atoms with Crippen LogP contribution < -0.4 is 5.73 Å². The number of aromatic nitrogens is 2. The van der Waals surface area contributed by atoms with Crippen LogP contribution in [0.25, 0.3) is 0 Å². The third kappa shape index (κ3) is 2.75. The summed E-state index contributed by atoms with van der Waals surface area (Å²) in [6, 6.07) is 1.01. The Labute approximate surface area is 110 Å². The Balaban J connectivity index is 2.15. The van der Waals surface area contributed by atoms with Crippen molar-refractivity contribution in [3.8, 4) is 0 Å². The van der Waals surface area contributed by atoms with Crippen LogP contribution in [0.4, 0.5) is 0 Å². The highest BCUT2D eigenvalue weighted by atomic mass is 15.2. The Kier molecular flexibility index (Phi) is 4.78. The number of likely N-dealkylation sites (N-methyl/N-ethyl adjacent to an activating group) is 1. The highest BCUT2D eigenvalue weighted by Crippen LogP contribution is 2.29. The Hall–Kier alpha value is -0.870. The minimum Gasteiger partial charge on any atom is -0.336 e. The van der Waals surface area contributed by atoms with Crippen LogP contribution in [0.3, 0.4) is 0 Å². The number of imidazole rings is 1. The highest BCUT2D eigenvalue weighted by Gasteiger charge is 2.28. The van der Waals surface area contributed by atoms with E-state index in [0.29, 0.717) is 18.6 Å². The average Bonchev–Trinajstić information content (AvgIpc) is 2.83. The largest absolute Gasteiger partial charge is 0.336 e. The Morgan fingerprint density at radius 3 is 2.67 bits per heavy atom. The van der Waals surface area contributed by atoms with Crippen molar-refractivity contribution in [3.05, 3.63) is 18.2 Å². The molecule has 1 heterocycles. The quantitative estimate of drug-likeness (QED) is 0.870. The molecule has 1 unspecified atom stereocenters. The van der Waals surface area contributed by atoms with Crippen LogP contribution in [0.5, 0.6) is 0 Å². The van der Waals surface area contributed by atoms with Crippen molar-refractivity contribution in [2.24, 2.45) is 12.8 Å². The third-order valence-corrected chi connectivity index (χ3v) is 4.23. The van der Waals surface area contributed by atoms with E-state index >= 15 is 0 Å². The van der Waals surface area contributed by atoms with Gasteiger partial charge in [0.25, 0.3) is 0 Å². The van der Waals surface area contributed by atoms with E-state index in [0.717, 1.165) is 6.54 Å². The number of nitrogens with two attached hydrogens (primary N) is 1. The lowest BCUT2D eigenvalue weighted by Gasteiger charge is -2.39. The second-order valence-electron chi connectivity index (χ2n) is 5.30. The summed E-state index contributed by atoms with van der Waals surface area (Å²) in [6.07, 6.45) is 10.6. The molecule has 1 aromatic rings. The van der Waals surface area contributed by atoms with Gasteiger partial charge in [-0.15, -0.1) is 0 Å². The number of rotatable bonds is 5. The molecule has 2 N–H and O–H groups in total. The monoisotopic (exact) mass is 250 g/mol. The van der Waals surface area contributed by atoms with Crippen molar-refractivity contribution >= 4 is 0 Å². The van der Waals surface area contributed by atoms with Gasteiger partial charge in [-0.1, -0.05) is 26.2 Å². The van der Waals surface area contributed by atoms with Gasteiger partial charge in [0.15, 0.2) is 0 Å². The molecular weight excluding hydrogens is 224 g/mol. The van der Waals surface area contributed by atoms with Crippen LogP contribution in [0, 0.1) is 0 Å². The van der Waals surface area contributed by atoms with Crippen LogP contribution >= 0.6 is 0 Å². The average molecular weight is 250 g/mol. The molecule has 1 aliphatic carbocycles. The van der Waals surface area contributed by atoms with E-state index in [1.165, 1.54) is 37.8 Å². The molecule has 0 bridgehead atoms. The van der Waals surface area contributed by atoms with E-state index in [1.807, 2.05) is 12.5 Å². The summed E-state index contributed by atoms with van der Waals surface area (Å²) in [5.74, 6) is 0. The smallest absolute Gasteiger partial charge is 0.0946 e. The third-order valence-electron chi connectivity index (χ3n) is 4.23. The Bertz CT molecular complexity index is 354. The topological polar surface area (TPSA) is 47.1 Å². The van der Waals surface area contributed by atoms with Crippen LogP contribution in [0.1, 0.15) is 50.8 Å². The first-order valence-electron chi connectivity index (χ1n) is 7.20. The maximum absolute atomic E-state index is 6.03. The Morgan fingerprint density at radius 1 is 1.44 bits per heavy atom. The fraction of sp³-hybridized carbons (Fsp3) is 0.786. The molecule has 1 atom stereocenters. The number of hydrogen-bond donors (Lipinski definition) is 1. The molecule has 0 aromatic carbocycles. The van der Waals surface area contributed by atoms with Crippen LogP contribution in [0.15, 0.2) is 12.5 Å². The predicted octanol–water partition coefficient (Wildman–Crippen LogP) is 2.07. The molecule has 4 nitrogen and oxygen atoms in total. The van der Waals surface area contributed by atoms with E-state index in [9.17, 15) is 0 Å². The summed E-state index contributed by atoms with van der Waals surface area (Å²) in [5, 5.41) is 0. The van der Waals surface area contributed by atoms with Gasteiger partial charge in [0.2, 0.25) is 0 Å². The van der Waals surface area contributed by atoms with Crippen LogP contribution in [-0.4, -0.2) is 33.6 Å². The van der Waals surface area contributed by atoms with Crippen molar-refractivity contribution < 1.29 is 0 Å². The zero-order valence-electron chi connectivity index (χ0n) is 11.7. The number of aryl methyl sites for hydroxylation is 1. The molecule has 1 fully saturated rings. The van der Waals surface area contributed by atoms with Gasteiger partial charge in [0, 0.05) is 25.8 Å². The van der Waals surface area contributed by atoms with E-state index in [4.69, 9.17) is 5.73 Å². The van der Waals surface area contributed by atoms with E-state index < -0.39 is 0 Å². The molecular formula is C14H26N4. The molecule has 1 aromatic heterocycles. The second kappa shape index (κ2) is 6.34. The summed E-state index contributed by atoms with van der Waals surface area (Å²) in [6.45, 7) is 3.98. The molecule has 102 valence electrons. The van der Waals surface area contributed by atoms with Crippen molar-refractivity contribution in [1.29, 1.82) is 0 Å². The first-order chi connectivity index (χ1) is 8.77. The molecule has 0 saturated heterocycles. The minimum absolute atomic E-state index is 0.311. The zero-order chi connectivity index (χ0) is 13.0. The van der Waals surface area contributed by atoms with Gasteiger partial charge >= 0.3 is 0 Å². The van der Waals surface area contributed by atoms with Crippen molar-refractivity contribution in [3.63, 3.8) is 0 Å². The summed E-state index contributed by atoms with van der Waals surface area (Å²) in [7, 11) is 2.06. The fourth-order valence-electron chi connectivity index (χ4n) is 3.26. The molecule has 1 aliphatic rings. The molecule has 0 spiro atoms. The lowest BCUT2D eigenvalue weighted by Crippen LogP contribution is -2.43. The van der Waals surface area contributed by atoms with Gasteiger partial charge in [0.05, 0.1) is 18.1 Å². The first kappa shape index (κ1) is 13.6. The summed E-state index contributed by atoms with van der Waals surface area (Å²) < 4.78 is 2.10. The van der Waals surface area contributed by atoms with Gasteiger partial charge in [0.1, 0.15) is 0 Å². The Morgan fingerprint density at radius 2 is 2.17 bits per heavy atom. The number of hydrogen-bond acceptors (Lipinski definition) is 3. The van der Waals surface area contributed by atoms with Crippen molar-refractivity contribution in [2.45, 2.75) is 51.1 Å². The number of nitrogens with zero attached hydrogens (tertiary/aromatic N) is 3. The van der Waals surface area contributed by atoms with Crippen LogP contribution in [0.2, 0.25) is 0 Å². The SMILES string of the molecule is CCN(C1CCCCC1)C(CN)c1cncn1C. The van der Waals surface area contributed by atoms with Gasteiger partial charge in [-0.2, -0.15) is 0 Å². The van der Waals surface area contributed by atoms with Crippen molar-refractivity contribution in [1.82, 2.24) is 14.5 Å². The minimum atomic E-state index is 0.311. The summed E-state index contributed by atoms with van der Waals surface area (Å²) in [4.78, 5) is 6.81. The van der Waals surface area contributed by atoms with Gasteiger partial charge in [-0.3, -0.25) is 4.90 Å². The van der Waals surface area contributed by atoms with Gasteiger partial charge < -0.3 is 10.3 Å². The van der Waals surface area contributed by atoms with Gasteiger partial charge in [-0.05, 0) is 19.4 Å². The molecule has 18 heavy (non-hydrogen) atoms. The fourth-order valence-corrected chi connectivity index (χ4v) is 3.26. The molecule has 2 rings (SSSR count). The maximum Gasteiger partial charge on any atom is 0.0946 e. The standard InChI is InChI=1S/C14H26N4/c1-3-18(12-7-5-4-6-8-12)13(9-15)14-10-16-11-17(14)2/h10-13H,3-9,15H2,1-2H3. The predicted molar refractivity (Wildman–Crippen MR) is 74.3 cm³/mol. The highest BCUT2D eigenvalue weighted by molar-refractivity contribution is 5.07. The van der Waals surface area contributed by atoms with E-state index in [2.05, 4.69) is 28.4 Å². The molecule has 0 aliphatic heterocycles. The molecule has 0 radical (unpaired) electrons. The summed E-state index contributed by atoms with van der Waals surface area (Å²) in [5.41, 5.74) is 7.27. The molecule has 1 saturated carbocycles. The van der Waals surface area contributed by atoms with Crippen LogP contribution in [-0.2, 0) is 7.05 Å². The van der Waals surface area contributed by atoms with Gasteiger partial charge in [-0.25, -0.2) is 4.98 Å². The normalized spacial score (nSPS) is 19.3. The molecule has 0 amide bonds. The lowest BCUT2D eigenvalue weighted by molar-refractivity contribution is 0.110. The zero-order valence-corrected chi connectivity index (χ0v) is 11.7. The second-order valence-corrected chi connectivity index (χ2v) is 5.30. The lowest BCUT2D eigenvalue weighted by atomic mass is 9.92. The van der Waals surface area contributed by atoms with E-state index in [1.54, 1.807) is 0 Å². The maximum atomic E-state index is 6.03. The molecule has 4 heteroatoms. The van der Waals surface area contributed by atoms with Crippen molar-refractivity contribution in [2.75, 3.05) is 13.1 Å². The first-order valence-corrected chi connectivity index (χ1v) is 7.20. The summed E-state index contributed by atoms with van der Waals surface area (Å²) >= 11 is 0.